The van der Waals surface area contributed by atoms with Crippen molar-refractivity contribution in [3.63, 3.8) is 0 Å². The van der Waals surface area contributed by atoms with Gasteiger partial charge in [-0.05, 0) is 18.8 Å². The Morgan fingerprint density at radius 3 is 2.77 bits per heavy atom. The van der Waals surface area contributed by atoms with E-state index in [2.05, 4.69) is 0 Å². The summed E-state index contributed by atoms with van der Waals surface area (Å²) >= 11 is 0. The normalized spacial score (nSPS) is 23.6. The molecule has 0 saturated carbocycles. The van der Waals surface area contributed by atoms with Gasteiger partial charge in [0, 0.05) is 19.8 Å². The van der Waals surface area contributed by atoms with E-state index in [4.69, 9.17) is 15.6 Å². The van der Waals surface area contributed by atoms with E-state index in [0.29, 0.717) is 18.9 Å². The van der Waals surface area contributed by atoms with Gasteiger partial charge >= 0.3 is 5.97 Å². The Hall–Kier alpha value is -0.320. The summed E-state index contributed by atoms with van der Waals surface area (Å²) in [5.74, 6) is -0.782. The molecule has 0 radical (unpaired) electrons. The number of rotatable bonds is 4. The summed E-state index contributed by atoms with van der Waals surface area (Å²) in [5.41, 5.74) is 5.33. The second-order valence-corrected chi connectivity index (χ2v) is 3.24. The first kappa shape index (κ1) is 12.7. The molecule has 78 valence electrons. The number of carbonyl (C=O) groups is 1. The Balaban J connectivity index is 0.00000144. The second-order valence-electron chi connectivity index (χ2n) is 3.24. The van der Waals surface area contributed by atoms with Crippen LogP contribution >= 0.6 is 12.4 Å². The maximum Gasteiger partial charge on any atom is 0.307 e. The van der Waals surface area contributed by atoms with Crippen LogP contribution in [0.5, 0.6) is 0 Å². The SMILES string of the molecule is Cl.NCC(CC1CCOC1)C(=O)O. The Bertz CT molecular complexity index is 159. The van der Waals surface area contributed by atoms with E-state index in [9.17, 15) is 4.79 Å². The van der Waals surface area contributed by atoms with Gasteiger partial charge in [-0.25, -0.2) is 0 Å². The molecule has 0 aliphatic carbocycles. The molecular formula is C8H16ClNO3. The number of hydrogen-bond acceptors (Lipinski definition) is 3. The molecule has 2 atom stereocenters. The minimum atomic E-state index is -0.788. The Morgan fingerprint density at radius 1 is 1.69 bits per heavy atom. The van der Waals surface area contributed by atoms with Crippen LogP contribution in [-0.4, -0.2) is 30.8 Å². The van der Waals surface area contributed by atoms with E-state index in [1.807, 2.05) is 0 Å². The standard InChI is InChI=1S/C8H15NO3.ClH/c9-4-7(8(10)11)3-6-1-2-12-5-6;/h6-7H,1-5,9H2,(H,10,11);1H. The van der Waals surface area contributed by atoms with E-state index in [0.717, 1.165) is 13.0 Å². The van der Waals surface area contributed by atoms with Crippen LogP contribution in [-0.2, 0) is 9.53 Å². The number of carboxylic acid groups (broad SMARTS) is 1. The summed E-state index contributed by atoms with van der Waals surface area (Å²) in [6, 6.07) is 0. The van der Waals surface area contributed by atoms with Gasteiger partial charge < -0.3 is 15.6 Å². The van der Waals surface area contributed by atoms with E-state index in [1.165, 1.54) is 0 Å². The summed E-state index contributed by atoms with van der Waals surface area (Å²) in [7, 11) is 0. The average molecular weight is 210 g/mol. The molecule has 0 aromatic rings. The number of nitrogens with two attached hydrogens (primary N) is 1. The predicted molar refractivity (Wildman–Crippen MR) is 51.0 cm³/mol. The van der Waals surface area contributed by atoms with E-state index in [1.54, 1.807) is 0 Å². The lowest BCUT2D eigenvalue weighted by Crippen LogP contribution is -2.25. The monoisotopic (exact) mass is 209 g/mol. The van der Waals surface area contributed by atoms with Crippen molar-refractivity contribution in [2.75, 3.05) is 19.8 Å². The molecule has 1 heterocycles. The first-order chi connectivity index (χ1) is 5.74. The van der Waals surface area contributed by atoms with Crippen molar-refractivity contribution in [2.24, 2.45) is 17.6 Å². The van der Waals surface area contributed by atoms with Gasteiger partial charge in [-0.2, -0.15) is 0 Å². The smallest absolute Gasteiger partial charge is 0.307 e. The molecule has 0 aromatic heterocycles. The molecule has 1 aliphatic rings. The number of ether oxygens (including phenoxy) is 1. The Kier molecular flexibility index (Phi) is 6.03. The van der Waals surface area contributed by atoms with Crippen LogP contribution in [0.15, 0.2) is 0 Å². The van der Waals surface area contributed by atoms with Gasteiger partial charge in [-0.3, -0.25) is 4.79 Å². The lowest BCUT2D eigenvalue weighted by Gasteiger charge is -2.12. The number of hydrogen-bond donors (Lipinski definition) is 2. The third-order valence-corrected chi connectivity index (χ3v) is 2.28. The van der Waals surface area contributed by atoms with Crippen molar-refractivity contribution in [1.29, 1.82) is 0 Å². The van der Waals surface area contributed by atoms with Crippen LogP contribution in [0, 0.1) is 11.8 Å². The van der Waals surface area contributed by atoms with E-state index < -0.39 is 11.9 Å². The molecule has 0 spiro atoms. The summed E-state index contributed by atoms with van der Waals surface area (Å²) in [6.45, 7) is 1.69. The van der Waals surface area contributed by atoms with Crippen molar-refractivity contribution in [3.8, 4) is 0 Å². The molecule has 3 N–H and O–H groups in total. The largest absolute Gasteiger partial charge is 0.481 e. The van der Waals surface area contributed by atoms with Gasteiger partial charge in [0.05, 0.1) is 5.92 Å². The number of halogens is 1. The van der Waals surface area contributed by atoms with Crippen LogP contribution in [0.1, 0.15) is 12.8 Å². The Morgan fingerprint density at radius 2 is 2.38 bits per heavy atom. The first-order valence-corrected chi connectivity index (χ1v) is 4.24. The van der Waals surface area contributed by atoms with Crippen LogP contribution in [0.2, 0.25) is 0 Å². The third-order valence-electron chi connectivity index (χ3n) is 2.28. The summed E-state index contributed by atoms with van der Waals surface area (Å²) < 4.78 is 5.15. The molecule has 1 rings (SSSR count). The molecule has 1 fully saturated rings. The summed E-state index contributed by atoms with van der Waals surface area (Å²) in [4.78, 5) is 10.6. The number of carboxylic acids is 1. The van der Waals surface area contributed by atoms with E-state index >= 15 is 0 Å². The van der Waals surface area contributed by atoms with Crippen LogP contribution in [0.25, 0.3) is 0 Å². The second kappa shape index (κ2) is 6.18. The maximum absolute atomic E-state index is 10.6. The molecule has 0 aromatic carbocycles. The van der Waals surface area contributed by atoms with Crippen molar-refractivity contribution in [3.05, 3.63) is 0 Å². The molecule has 13 heavy (non-hydrogen) atoms. The fourth-order valence-electron chi connectivity index (χ4n) is 1.47. The molecule has 0 bridgehead atoms. The molecule has 4 nitrogen and oxygen atoms in total. The Labute approximate surface area is 83.9 Å². The van der Waals surface area contributed by atoms with Crippen molar-refractivity contribution < 1.29 is 14.6 Å². The number of aliphatic carboxylic acids is 1. The lowest BCUT2D eigenvalue weighted by molar-refractivity contribution is -0.141. The van der Waals surface area contributed by atoms with Gasteiger partial charge in [0.2, 0.25) is 0 Å². The zero-order valence-electron chi connectivity index (χ0n) is 7.44. The highest BCUT2D eigenvalue weighted by Crippen LogP contribution is 2.20. The summed E-state index contributed by atoms with van der Waals surface area (Å²) in [5, 5.41) is 8.71. The van der Waals surface area contributed by atoms with Crippen molar-refractivity contribution in [2.45, 2.75) is 12.8 Å². The van der Waals surface area contributed by atoms with E-state index in [-0.39, 0.29) is 19.0 Å². The van der Waals surface area contributed by atoms with Gasteiger partial charge in [0.1, 0.15) is 0 Å². The van der Waals surface area contributed by atoms with Gasteiger partial charge in [-0.15, -0.1) is 12.4 Å². The maximum atomic E-state index is 10.6. The lowest BCUT2D eigenvalue weighted by atomic mass is 9.94. The molecule has 2 unspecified atom stereocenters. The zero-order chi connectivity index (χ0) is 8.97. The molecule has 1 saturated heterocycles. The summed E-state index contributed by atoms with van der Waals surface area (Å²) in [6.07, 6.45) is 1.63. The van der Waals surface area contributed by atoms with Crippen LogP contribution < -0.4 is 5.73 Å². The highest BCUT2D eigenvalue weighted by Gasteiger charge is 2.23. The van der Waals surface area contributed by atoms with Gasteiger partial charge in [-0.1, -0.05) is 0 Å². The highest BCUT2D eigenvalue weighted by atomic mass is 35.5. The highest BCUT2D eigenvalue weighted by molar-refractivity contribution is 5.85. The molecule has 5 heteroatoms. The zero-order valence-corrected chi connectivity index (χ0v) is 8.26. The van der Waals surface area contributed by atoms with Crippen LogP contribution in [0.4, 0.5) is 0 Å². The topological polar surface area (TPSA) is 72.5 Å². The third kappa shape index (κ3) is 3.93. The minimum absolute atomic E-state index is 0. The molecular weight excluding hydrogens is 194 g/mol. The predicted octanol–water partition coefficient (Wildman–Crippen LogP) is 0.494. The van der Waals surface area contributed by atoms with Crippen molar-refractivity contribution in [1.82, 2.24) is 0 Å². The molecule has 1 aliphatic heterocycles. The quantitative estimate of drug-likeness (QED) is 0.707. The minimum Gasteiger partial charge on any atom is -0.481 e. The fraction of sp³-hybridized carbons (Fsp3) is 0.875. The average Bonchev–Trinajstić information content (AvgIpc) is 2.51. The molecule has 0 amide bonds. The fourth-order valence-corrected chi connectivity index (χ4v) is 1.47. The first-order valence-electron chi connectivity index (χ1n) is 4.24. The van der Waals surface area contributed by atoms with Gasteiger partial charge in [0.25, 0.3) is 0 Å². The van der Waals surface area contributed by atoms with Crippen molar-refractivity contribution >= 4 is 18.4 Å². The van der Waals surface area contributed by atoms with Crippen LogP contribution in [0.3, 0.4) is 0 Å². The van der Waals surface area contributed by atoms with Gasteiger partial charge in [0.15, 0.2) is 0 Å².